The van der Waals surface area contributed by atoms with Gasteiger partial charge in [-0.2, -0.15) is 4.99 Å². The third kappa shape index (κ3) is 3.49. The van der Waals surface area contributed by atoms with Crippen LogP contribution in [0.4, 0.5) is 5.69 Å². The van der Waals surface area contributed by atoms with E-state index < -0.39 is 15.7 Å². The molecule has 1 aromatic carbocycles. The number of anilines is 1. The van der Waals surface area contributed by atoms with Crippen LogP contribution in [0.2, 0.25) is 10.0 Å². The minimum absolute atomic E-state index is 0.0129. The molecule has 0 unspecified atom stereocenters. The molecule has 2 heterocycles. The quantitative estimate of drug-likeness (QED) is 0.698. The average Bonchev–Trinajstić information content (AvgIpc) is 2.93. The molecule has 2 atom stereocenters. The molecule has 0 bridgehead atoms. The van der Waals surface area contributed by atoms with Crippen molar-refractivity contribution in [2.75, 3.05) is 22.3 Å². The number of carbonyl (C=O) groups excluding carboxylic acids is 1. The summed E-state index contributed by atoms with van der Waals surface area (Å²) in [5.41, 5.74) is 0.651. The lowest BCUT2D eigenvalue weighted by atomic mass is 10.2. The maximum Gasteiger partial charge on any atom is 0.262 e. The fraction of sp³-hybridized carbons (Fsp3) is 0.385. The first-order chi connectivity index (χ1) is 10.8. The van der Waals surface area contributed by atoms with Gasteiger partial charge in [-0.25, -0.2) is 8.42 Å². The highest BCUT2D eigenvalue weighted by atomic mass is 35.5. The minimum atomic E-state index is -3.11. The van der Waals surface area contributed by atoms with Crippen molar-refractivity contribution in [3.8, 4) is 0 Å². The first-order valence-corrected chi connectivity index (χ1v) is 10.6. The van der Waals surface area contributed by atoms with E-state index in [0.717, 1.165) is 0 Å². The Bertz CT molecular complexity index is 798. The molecule has 0 aromatic heterocycles. The van der Waals surface area contributed by atoms with E-state index in [1.54, 1.807) is 23.1 Å². The average molecular weight is 414 g/mol. The van der Waals surface area contributed by atoms with Gasteiger partial charge in [-0.3, -0.25) is 4.79 Å². The molecule has 0 saturated carbocycles. The van der Waals surface area contributed by atoms with E-state index in [0.29, 0.717) is 20.9 Å². The van der Waals surface area contributed by atoms with Crippen LogP contribution < -0.4 is 4.90 Å². The molecule has 1 amide bonds. The number of hydrogen-bond acceptors (Lipinski definition) is 4. The van der Waals surface area contributed by atoms with E-state index in [4.69, 9.17) is 34.8 Å². The van der Waals surface area contributed by atoms with Gasteiger partial charge in [0, 0.05) is 10.9 Å². The van der Waals surface area contributed by atoms with Crippen LogP contribution in [0.25, 0.3) is 0 Å². The second kappa shape index (κ2) is 6.44. The molecule has 3 rings (SSSR count). The van der Waals surface area contributed by atoms with Crippen LogP contribution in [0.3, 0.4) is 0 Å². The fourth-order valence-corrected chi connectivity index (χ4v) is 6.92. The van der Waals surface area contributed by atoms with Crippen molar-refractivity contribution in [2.24, 2.45) is 4.99 Å². The number of nitrogens with zero attached hydrogens (tertiary/aromatic N) is 2. The van der Waals surface area contributed by atoms with Crippen molar-refractivity contribution in [1.29, 1.82) is 0 Å². The Kier molecular flexibility index (Phi) is 4.86. The zero-order valence-corrected chi connectivity index (χ0v) is 15.5. The monoisotopic (exact) mass is 412 g/mol. The van der Waals surface area contributed by atoms with E-state index in [1.807, 2.05) is 0 Å². The van der Waals surface area contributed by atoms with Gasteiger partial charge >= 0.3 is 0 Å². The lowest BCUT2D eigenvalue weighted by Crippen LogP contribution is -2.37. The van der Waals surface area contributed by atoms with Gasteiger partial charge in [-0.15, -0.1) is 11.6 Å². The summed E-state index contributed by atoms with van der Waals surface area (Å²) in [5.74, 6) is -0.623. The maximum atomic E-state index is 11.9. The summed E-state index contributed by atoms with van der Waals surface area (Å²) >= 11 is 18.8. The first kappa shape index (κ1) is 17.4. The molecule has 2 saturated heterocycles. The van der Waals surface area contributed by atoms with Crippen LogP contribution in [-0.2, 0) is 14.6 Å². The van der Waals surface area contributed by atoms with Crippen LogP contribution in [-0.4, -0.2) is 48.2 Å². The number of carbonyl (C=O) groups is 1. The largest absolute Gasteiger partial charge is 0.316 e. The number of rotatable bonds is 2. The number of hydrogen-bond donors (Lipinski definition) is 0. The number of amidine groups is 1. The van der Waals surface area contributed by atoms with Crippen molar-refractivity contribution in [1.82, 2.24) is 0 Å². The SMILES string of the molecule is O=C(CCl)N=C1S[C@H]2CS(=O)(=O)C[C@H]2N1c1ccc(Cl)c(Cl)c1. The summed E-state index contributed by atoms with van der Waals surface area (Å²) < 4.78 is 23.8. The summed E-state index contributed by atoms with van der Waals surface area (Å²) in [6.45, 7) is 0. The Morgan fingerprint density at radius 2 is 2.04 bits per heavy atom. The van der Waals surface area contributed by atoms with Gasteiger partial charge in [0.25, 0.3) is 5.91 Å². The zero-order valence-electron chi connectivity index (χ0n) is 11.6. The summed E-state index contributed by atoms with van der Waals surface area (Å²) in [5, 5.41) is 1.02. The van der Waals surface area contributed by atoms with Gasteiger partial charge in [0.05, 0.1) is 27.6 Å². The Hall–Kier alpha value is -0.470. The molecule has 0 spiro atoms. The molecule has 0 aliphatic carbocycles. The number of fused-ring (bicyclic) bond motifs is 1. The van der Waals surface area contributed by atoms with Gasteiger partial charge in [0.2, 0.25) is 0 Å². The molecule has 10 heteroatoms. The molecule has 124 valence electrons. The van der Waals surface area contributed by atoms with E-state index in [1.165, 1.54) is 11.8 Å². The van der Waals surface area contributed by atoms with Gasteiger partial charge in [-0.1, -0.05) is 35.0 Å². The molecule has 2 fully saturated rings. The second-order valence-electron chi connectivity index (χ2n) is 5.19. The number of benzene rings is 1. The predicted octanol–water partition coefficient (Wildman–Crippen LogP) is 2.83. The highest BCUT2D eigenvalue weighted by molar-refractivity contribution is 8.16. The van der Waals surface area contributed by atoms with Crippen molar-refractivity contribution < 1.29 is 13.2 Å². The van der Waals surface area contributed by atoms with Crippen LogP contribution >= 0.6 is 46.6 Å². The third-order valence-corrected chi connectivity index (χ3v) is 7.76. The first-order valence-electron chi connectivity index (χ1n) is 6.59. The zero-order chi connectivity index (χ0) is 16.8. The van der Waals surface area contributed by atoms with Gasteiger partial charge in [-0.05, 0) is 18.2 Å². The number of halogens is 3. The Labute approximate surface area is 152 Å². The van der Waals surface area contributed by atoms with E-state index >= 15 is 0 Å². The van der Waals surface area contributed by atoms with E-state index in [9.17, 15) is 13.2 Å². The second-order valence-corrected chi connectivity index (χ2v) is 9.63. The molecule has 0 N–H and O–H groups in total. The topological polar surface area (TPSA) is 66.8 Å². The molecule has 5 nitrogen and oxygen atoms in total. The minimum Gasteiger partial charge on any atom is -0.316 e. The summed E-state index contributed by atoms with van der Waals surface area (Å²) in [7, 11) is -3.11. The van der Waals surface area contributed by atoms with Crippen LogP contribution in [0.1, 0.15) is 0 Å². The molecular weight excluding hydrogens is 403 g/mol. The number of aliphatic imine (C=N–C) groups is 1. The summed E-state index contributed by atoms with van der Waals surface area (Å²) in [4.78, 5) is 17.3. The van der Waals surface area contributed by atoms with Crippen LogP contribution in [0, 0.1) is 0 Å². The highest BCUT2D eigenvalue weighted by Gasteiger charge is 2.49. The van der Waals surface area contributed by atoms with Gasteiger partial charge in [0.1, 0.15) is 5.88 Å². The Morgan fingerprint density at radius 3 is 2.70 bits per heavy atom. The summed E-state index contributed by atoms with van der Waals surface area (Å²) in [6, 6.07) is 4.70. The maximum absolute atomic E-state index is 11.9. The number of thioether (sulfide) groups is 1. The van der Waals surface area contributed by atoms with Crippen LogP contribution in [0.5, 0.6) is 0 Å². The molecule has 0 radical (unpaired) electrons. The van der Waals surface area contributed by atoms with E-state index in [-0.39, 0.29) is 28.7 Å². The molecule has 2 aliphatic rings. The fourth-order valence-electron chi connectivity index (χ4n) is 2.64. The Balaban J connectivity index is 2.04. The van der Waals surface area contributed by atoms with E-state index in [2.05, 4.69) is 4.99 Å². The van der Waals surface area contributed by atoms with Gasteiger partial charge in [0.15, 0.2) is 15.0 Å². The summed E-state index contributed by atoms with van der Waals surface area (Å²) in [6.07, 6.45) is 0. The third-order valence-electron chi connectivity index (χ3n) is 3.58. The number of sulfone groups is 1. The predicted molar refractivity (Wildman–Crippen MR) is 95.9 cm³/mol. The molecular formula is C13H11Cl3N2O3S2. The smallest absolute Gasteiger partial charge is 0.262 e. The van der Waals surface area contributed by atoms with Crippen molar-refractivity contribution >= 4 is 73.2 Å². The lowest BCUT2D eigenvalue weighted by molar-refractivity contribution is -0.115. The van der Waals surface area contributed by atoms with Crippen molar-refractivity contribution in [2.45, 2.75) is 11.3 Å². The normalized spacial score (nSPS) is 27.4. The lowest BCUT2D eigenvalue weighted by Gasteiger charge is -2.24. The molecule has 2 aliphatic heterocycles. The standard InChI is InChI=1S/C13H11Cl3N2O3S2/c14-4-12(19)17-13-18(7-1-2-8(15)9(16)3-7)10-5-23(20,21)6-11(10)22-13/h1-3,10-11H,4-6H2/t10-,11+/m1/s1. The highest BCUT2D eigenvalue weighted by Crippen LogP contribution is 2.42. The molecule has 1 aromatic rings. The number of amides is 1. The van der Waals surface area contributed by atoms with Crippen molar-refractivity contribution in [3.63, 3.8) is 0 Å². The van der Waals surface area contributed by atoms with Crippen LogP contribution in [0.15, 0.2) is 23.2 Å². The number of alkyl halides is 1. The van der Waals surface area contributed by atoms with Gasteiger partial charge < -0.3 is 4.90 Å². The molecule has 23 heavy (non-hydrogen) atoms. The Morgan fingerprint density at radius 1 is 1.30 bits per heavy atom. The van der Waals surface area contributed by atoms with Crippen molar-refractivity contribution in [3.05, 3.63) is 28.2 Å².